The van der Waals surface area contributed by atoms with Gasteiger partial charge in [0, 0.05) is 10.0 Å². The van der Waals surface area contributed by atoms with Gasteiger partial charge in [-0.25, -0.2) is 4.68 Å². The molecule has 2 atom stereocenters. The van der Waals surface area contributed by atoms with Crippen molar-refractivity contribution in [2.45, 2.75) is 32.4 Å². The molecule has 1 unspecified atom stereocenters. The van der Waals surface area contributed by atoms with E-state index in [0.29, 0.717) is 21.2 Å². The van der Waals surface area contributed by atoms with Gasteiger partial charge in [0.2, 0.25) is 0 Å². The first-order valence-electron chi connectivity index (χ1n) is 6.92. The molecule has 3 rings (SSSR count). The van der Waals surface area contributed by atoms with E-state index >= 15 is 0 Å². The highest BCUT2D eigenvalue weighted by atomic mass is 35.5. The highest BCUT2D eigenvalue weighted by Crippen LogP contribution is 2.35. The van der Waals surface area contributed by atoms with Crippen molar-refractivity contribution in [3.8, 4) is 0 Å². The number of amidine groups is 1. The van der Waals surface area contributed by atoms with Gasteiger partial charge in [-0.1, -0.05) is 41.4 Å². The second-order valence-electron chi connectivity index (χ2n) is 5.09. The third kappa shape index (κ3) is 2.69. The van der Waals surface area contributed by atoms with Crippen molar-refractivity contribution in [2.24, 2.45) is 4.99 Å². The molecule has 1 aliphatic rings. The number of aromatic nitrogens is 3. The number of hydrogen-bond donors (Lipinski definition) is 1. The van der Waals surface area contributed by atoms with Gasteiger partial charge in [0.15, 0.2) is 11.1 Å². The summed E-state index contributed by atoms with van der Waals surface area (Å²) in [5.74, 6) is 0.661. The largest absolute Gasteiger partial charge is 0.352 e. The molecule has 116 valence electrons. The Kier molecular flexibility index (Phi) is 4.30. The molecule has 5 nitrogen and oxygen atoms in total. The van der Waals surface area contributed by atoms with Crippen molar-refractivity contribution in [3.63, 3.8) is 0 Å². The lowest BCUT2D eigenvalue weighted by atomic mass is 10.1. The maximum atomic E-state index is 6.29. The van der Waals surface area contributed by atoms with Crippen LogP contribution in [0.5, 0.6) is 0 Å². The molecule has 0 spiro atoms. The minimum absolute atomic E-state index is 0.0154. The fourth-order valence-electron chi connectivity index (χ4n) is 2.50. The number of hydrogen-bond acceptors (Lipinski definition) is 4. The standard InChI is InChI=1S/C14H14Cl3N5/c1-3-11-12-13(19-14(17)18-11)22(21-20-12)7(2)9-5-4-8(15)6-10(9)16/h4-7,11H,3H2,1-2H3,(H,18,19)/t7-,11?/m1/s1. The summed E-state index contributed by atoms with van der Waals surface area (Å²) in [7, 11) is 0. The molecule has 0 amide bonds. The molecule has 1 aliphatic heterocycles. The third-order valence-corrected chi connectivity index (χ3v) is 4.47. The van der Waals surface area contributed by atoms with Crippen LogP contribution >= 0.6 is 34.8 Å². The van der Waals surface area contributed by atoms with Crippen LogP contribution in [0.3, 0.4) is 0 Å². The van der Waals surface area contributed by atoms with Gasteiger partial charge in [-0.15, -0.1) is 5.10 Å². The average molecular weight is 359 g/mol. The predicted molar refractivity (Wildman–Crippen MR) is 89.4 cm³/mol. The van der Waals surface area contributed by atoms with Crippen molar-refractivity contribution < 1.29 is 0 Å². The van der Waals surface area contributed by atoms with Crippen LogP contribution in [-0.4, -0.2) is 20.3 Å². The molecular formula is C14H14Cl3N5. The monoisotopic (exact) mass is 357 g/mol. The highest BCUT2D eigenvalue weighted by Gasteiger charge is 2.28. The zero-order valence-electron chi connectivity index (χ0n) is 12.0. The molecule has 0 radical (unpaired) electrons. The second-order valence-corrected chi connectivity index (χ2v) is 6.29. The number of aliphatic imine (C=N–C) groups is 1. The van der Waals surface area contributed by atoms with Crippen molar-refractivity contribution >= 4 is 45.9 Å². The zero-order valence-corrected chi connectivity index (χ0v) is 14.3. The van der Waals surface area contributed by atoms with Crippen LogP contribution in [0, 0.1) is 0 Å². The normalized spacial score (nSPS) is 18.4. The Morgan fingerprint density at radius 3 is 2.77 bits per heavy atom. The molecule has 22 heavy (non-hydrogen) atoms. The Morgan fingerprint density at radius 1 is 1.32 bits per heavy atom. The Bertz CT molecular complexity index is 740. The summed E-state index contributed by atoms with van der Waals surface area (Å²) in [4.78, 5) is 4.34. The molecule has 1 aromatic carbocycles. The number of rotatable bonds is 3. The first kappa shape index (κ1) is 15.6. The molecule has 1 aromatic heterocycles. The van der Waals surface area contributed by atoms with Crippen LogP contribution in [0.2, 0.25) is 10.0 Å². The van der Waals surface area contributed by atoms with Gasteiger partial charge < -0.3 is 5.32 Å². The molecule has 0 aliphatic carbocycles. The Morgan fingerprint density at radius 2 is 2.09 bits per heavy atom. The topological polar surface area (TPSA) is 55.1 Å². The van der Waals surface area contributed by atoms with E-state index < -0.39 is 0 Å². The smallest absolute Gasteiger partial charge is 0.198 e. The van der Waals surface area contributed by atoms with Crippen LogP contribution in [0.25, 0.3) is 0 Å². The molecule has 0 saturated carbocycles. The van der Waals surface area contributed by atoms with E-state index in [9.17, 15) is 0 Å². The molecule has 0 bridgehead atoms. The number of nitrogens with one attached hydrogen (secondary N) is 1. The number of benzene rings is 1. The first-order valence-corrected chi connectivity index (χ1v) is 8.05. The van der Waals surface area contributed by atoms with Crippen molar-refractivity contribution in [1.29, 1.82) is 0 Å². The maximum Gasteiger partial charge on any atom is 0.198 e. The van der Waals surface area contributed by atoms with Crippen molar-refractivity contribution in [3.05, 3.63) is 39.5 Å². The SMILES string of the molecule is CCC1NC(Cl)=Nc2c1nnn2[C@H](C)c1ccc(Cl)cc1Cl. The fourth-order valence-corrected chi connectivity index (χ4v) is 3.28. The Balaban J connectivity index is 2.05. The van der Waals surface area contributed by atoms with E-state index in [1.165, 1.54) is 0 Å². The number of halogens is 3. The van der Waals surface area contributed by atoms with E-state index in [2.05, 4.69) is 27.5 Å². The van der Waals surface area contributed by atoms with Gasteiger partial charge >= 0.3 is 0 Å². The summed E-state index contributed by atoms with van der Waals surface area (Å²) in [6.07, 6.45) is 0.841. The Hall–Kier alpha value is -1.30. The van der Waals surface area contributed by atoms with Crippen LogP contribution in [0.4, 0.5) is 5.82 Å². The van der Waals surface area contributed by atoms with Crippen molar-refractivity contribution in [1.82, 2.24) is 20.3 Å². The second kappa shape index (κ2) is 6.07. The summed E-state index contributed by atoms with van der Waals surface area (Å²) >= 11 is 18.3. The van der Waals surface area contributed by atoms with Gasteiger partial charge in [0.1, 0.15) is 5.69 Å². The summed E-state index contributed by atoms with van der Waals surface area (Å²) in [5, 5.41) is 13.1. The van der Waals surface area contributed by atoms with Crippen LogP contribution in [0.1, 0.15) is 43.6 Å². The lowest BCUT2D eigenvalue weighted by Crippen LogP contribution is -2.28. The fraction of sp³-hybridized carbons (Fsp3) is 0.357. The van der Waals surface area contributed by atoms with E-state index in [1.807, 2.05) is 13.0 Å². The molecular weight excluding hydrogens is 345 g/mol. The van der Waals surface area contributed by atoms with Gasteiger partial charge in [-0.3, -0.25) is 0 Å². The summed E-state index contributed by atoms with van der Waals surface area (Å²) < 4.78 is 1.73. The minimum atomic E-state index is -0.134. The van der Waals surface area contributed by atoms with Gasteiger partial charge in [-0.2, -0.15) is 4.99 Å². The predicted octanol–water partition coefficient (Wildman–Crippen LogP) is 4.47. The van der Waals surface area contributed by atoms with Crippen LogP contribution < -0.4 is 5.32 Å². The molecule has 2 aromatic rings. The van der Waals surface area contributed by atoms with E-state index in [0.717, 1.165) is 17.7 Å². The third-order valence-electron chi connectivity index (χ3n) is 3.71. The number of nitrogens with zero attached hydrogens (tertiary/aromatic N) is 4. The molecule has 2 heterocycles. The lowest BCUT2D eigenvalue weighted by Gasteiger charge is -2.21. The molecule has 1 N–H and O–H groups in total. The first-order chi connectivity index (χ1) is 10.5. The molecule has 8 heteroatoms. The summed E-state index contributed by atoms with van der Waals surface area (Å²) in [6, 6.07) is 5.28. The summed E-state index contributed by atoms with van der Waals surface area (Å²) in [5.41, 5.74) is 1.69. The Labute approximate surface area is 143 Å². The van der Waals surface area contributed by atoms with E-state index in [-0.39, 0.29) is 12.1 Å². The van der Waals surface area contributed by atoms with E-state index in [1.54, 1.807) is 16.8 Å². The maximum absolute atomic E-state index is 6.29. The van der Waals surface area contributed by atoms with Gasteiger partial charge in [0.05, 0.1) is 12.1 Å². The highest BCUT2D eigenvalue weighted by molar-refractivity contribution is 6.65. The van der Waals surface area contributed by atoms with Crippen LogP contribution in [-0.2, 0) is 0 Å². The lowest BCUT2D eigenvalue weighted by molar-refractivity contribution is 0.547. The average Bonchev–Trinajstić information content (AvgIpc) is 2.89. The zero-order chi connectivity index (χ0) is 15.9. The van der Waals surface area contributed by atoms with Gasteiger partial charge in [-0.05, 0) is 42.6 Å². The quantitative estimate of drug-likeness (QED) is 0.823. The van der Waals surface area contributed by atoms with Crippen LogP contribution in [0.15, 0.2) is 23.2 Å². The van der Waals surface area contributed by atoms with Crippen molar-refractivity contribution in [2.75, 3.05) is 0 Å². The summed E-state index contributed by atoms with van der Waals surface area (Å²) in [6.45, 7) is 4.03. The molecule has 0 fully saturated rings. The minimum Gasteiger partial charge on any atom is -0.352 e. The molecule has 0 saturated heterocycles. The van der Waals surface area contributed by atoms with E-state index in [4.69, 9.17) is 34.8 Å². The number of fused-ring (bicyclic) bond motifs is 1. The van der Waals surface area contributed by atoms with Gasteiger partial charge in [0.25, 0.3) is 0 Å².